The summed E-state index contributed by atoms with van der Waals surface area (Å²) in [6.07, 6.45) is 19.0. The van der Waals surface area contributed by atoms with Gasteiger partial charge in [0.25, 0.3) is 0 Å². The molecule has 2 aliphatic carbocycles. The highest BCUT2D eigenvalue weighted by Gasteiger charge is 2.51. The average molecular weight is 789 g/mol. The second kappa shape index (κ2) is 23.0. The first-order valence-corrected chi connectivity index (χ1v) is 21.3. The molecule has 3 unspecified atom stereocenters. The Labute approximate surface area is 338 Å². The van der Waals surface area contributed by atoms with E-state index in [9.17, 15) is 13.2 Å². The van der Waals surface area contributed by atoms with Crippen LogP contribution in [0.2, 0.25) is 10.0 Å². The number of alkyl halides is 3. The lowest BCUT2D eigenvalue weighted by atomic mass is 9.59. The SMILES string of the molecule is C/C=C\C(CCC(C)CC1Cc2cc(Cl)c(CCC)cc2C12CCC(CCC)(Nc1cccc(Cl)c1)CC2)=C(/C)C(C)CCCC.C=C=C.CC(F)(F)F. The van der Waals surface area contributed by atoms with Crippen molar-refractivity contribution in [1.82, 2.24) is 0 Å². The molecule has 1 spiro atoms. The summed E-state index contributed by atoms with van der Waals surface area (Å²) in [6, 6.07) is 13.2. The predicted molar refractivity (Wildman–Crippen MR) is 231 cm³/mol. The summed E-state index contributed by atoms with van der Waals surface area (Å²) >= 11 is 13.3. The number of fused-ring (bicyclic) bond motifs is 2. The van der Waals surface area contributed by atoms with Crippen LogP contribution in [0.3, 0.4) is 0 Å². The van der Waals surface area contributed by atoms with Crippen molar-refractivity contribution in [2.45, 2.75) is 169 Å². The number of hydrogen-bond donors (Lipinski definition) is 1. The quantitative estimate of drug-likeness (QED) is 0.132. The maximum atomic E-state index is 10.4. The maximum absolute atomic E-state index is 10.4. The smallest absolute Gasteiger partial charge is 0.380 e. The third kappa shape index (κ3) is 14.6. The summed E-state index contributed by atoms with van der Waals surface area (Å²) in [5.74, 6) is 2.03. The van der Waals surface area contributed by atoms with Gasteiger partial charge in [-0.3, -0.25) is 0 Å². The van der Waals surface area contributed by atoms with Crippen LogP contribution in [0, 0.1) is 17.8 Å². The molecule has 1 nitrogen and oxygen atoms in total. The Hall–Kier alpha value is -2.39. The highest BCUT2D eigenvalue weighted by atomic mass is 35.5. The van der Waals surface area contributed by atoms with Crippen molar-refractivity contribution in [1.29, 1.82) is 0 Å². The number of aryl methyl sites for hydroxylation is 1. The van der Waals surface area contributed by atoms with Gasteiger partial charge in [-0.1, -0.05) is 127 Å². The van der Waals surface area contributed by atoms with Gasteiger partial charge in [-0.15, -0.1) is 5.73 Å². The molecule has 0 aromatic heterocycles. The van der Waals surface area contributed by atoms with E-state index < -0.39 is 6.18 Å². The first kappa shape index (κ1) is 47.8. The van der Waals surface area contributed by atoms with Crippen LogP contribution in [0.5, 0.6) is 0 Å². The highest BCUT2D eigenvalue weighted by Crippen LogP contribution is 2.57. The Morgan fingerprint density at radius 3 is 2.20 bits per heavy atom. The monoisotopic (exact) mass is 787 g/mol. The number of nitrogens with one attached hydrogen (secondary N) is 1. The van der Waals surface area contributed by atoms with E-state index in [1.807, 2.05) is 6.07 Å². The maximum Gasteiger partial charge on any atom is 0.386 e. The van der Waals surface area contributed by atoms with Crippen molar-refractivity contribution in [3.63, 3.8) is 0 Å². The third-order valence-corrected chi connectivity index (χ3v) is 12.4. The van der Waals surface area contributed by atoms with Crippen molar-refractivity contribution in [2.75, 3.05) is 5.32 Å². The number of halogens is 5. The Bertz CT molecular complexity index is 1520. The van der Waals surface area contributed by atoms with E-state index in [1.165, 1.54) is 94.6 Å². The van der Waals surface area contributed by atoms with Crippen molar-refractivity contribution < 1.29 is 13.2 Å². The van der Waals surface area contributed by atoms with E-state index >= 15 is 0 Å². The lowest BCUT2D eigenvalue weighted by Gasteiger charge is -2.49. The van der Waals surface area contributed by atoms with Crippen molar-refractivity contribution in [2.24, 2.45) is 17.8 Å². The first-order valence-electron chi connectivity index (χ1n) is 20.6. The number of rotatable bonds is 16. The molecule has 0 amide bonds. The summed E-state index contributed by atoms with van der Waals surface area (Å²) < 4.78 is 31.1. The molecule has 2 aromatic rings. The normalized spacial score (nSPS) is 22.3. The average Bonchev–Trinajstić information content (AvgIpc) is 3.37. The largest absolute Gasteiger partial charge is 0.386 e. The van der Waals surface area contributed by atoms with Gasteiger partial charge in [-0.25, -0.2) is 0 Å². The molecule has 0 saturated heterocycles. The molecule has 6 heteroatoms. The summed E-state index contributed by atoms with van der Waals surface area (Å²) in [6.45, 7) is 22.9. The number of benzene rings is 2. The number of hydrogen-bond acceptors (Lipinski definition) is 1. The number of unbranched alkanes of at least 4 members (excludes halogenated alkanes) is 1. The molecule has 1 N–H and O–H groups in total. The van der Waals surface area contributed by atoms with Crippen LogP contribution in [0.4, 0.5) is 18.9 Å². The van der Waals surface area contributed by atoms with Gasteiger partial charge in [0, 0.05) is 28.2 Å². The van der Waals surface area contributed by atoms with Crippen LogP contribution in [0.15, 0.2) is 78.6 Å². The molecule has 2 aromatic carbocycles. The minimum atomic E-state index is -4.00. The van der Waals surface area contributed by atoms with Crippen molar-refractivity contribution >= 4 is 28.9 Å². The minimum Gasteiger partial charge on any atom is -0.380 e. The number of anilines is 1. The molecule has 302 valence electrons. The van der Waals surface area contributed by atoms with Gasteiger partial charge < -0.3 is 5.32 Å². The van der Waals surface area contributed by atoms with Crippen LogP contribution in [-0.2, 0) is 18.3 Å². The molecule has 1 saturated carbocycles. The second-order valence-corrected chi connectivity index (χ2v) is 17.1. The van der Waals surface area contributed by atoms with Crippen molar-refractivity contribution in [3.05, 3.63) is 105 Å². The van der Waals surface area contributed by atoms with E-state index in [0.29, 0.717) is 17.8 Å². The van der Waals surface area contributed by atoms with Crippen molar-refractivity contribution in [3.8, 4) is 0 Å². The van der Waals surface area contributed by atoms with Crippen LogP contribution < -0.4 is 5.32 Å². The molecular weight excluding hydrogens is 718 g/mol. The molecule has 3 atom stereocenters. The molecule has 4 rings (SSSR count). The van der Waals surface area contributed by atoms with Gasteiger partial charge in [-0.05, 0) is 154 Å². The fourth-order valence-electron chi connectivity index (χ4n) is 9.04. The lowest BCUT2D eigenvalue weighted by molar-refractivity contribution is -0.110. The summed E-state index contributed by atoms with van der Waals surface area (Å²) in [4.78, 5) is 0. The Morgan fingerprint density at radius 2 is 1.65 bits per heavy atom. The fraction of sp³-hybridized carbons (Fsp3) is 0.604. The first-order chi connectivity index (χ1) is 25.5. The molecule has 1 fully saturated rings. The number of allylic oxidation sites excluding steroid dienone is 4. The molecule has 0 aliphatic heterocycles. The summed E-state index contributed by atoms with van der Waals surface area (Å²) in [7, 11) is 0. The zero-order valence-corrected chi connectivity index (χ0v) is 36.3. The van der Waals surface area contributed by atoms with Gasteiger partial charge in [0.15, 0.2) is 0 Å². The molecule has 0 heterocycles. The van der Waals surface area contributed by atoms with E-state index in [1.54, 1.807) is 16.7 Å². The molecule has 0 radical (unpaired) electrons. The zero-order valence-electron chi connectivity index (χ0n) is 34.8. The standard InChI is InChI=1S/C43H63Cl2N.C3H4.C2H3F3/c1-8-12-16-32(6)33(7)34(14-9-2)20-19-31(5)26-37-27-36-29-41(45)35(15-10-3)28-40(36)43(37)24-22-42(21-11-4,23-25-43)46-39-18-13-17-38(44)30-39;1-3-2;1-2(3,4)5/h9,13-14,17-18,28-32,37,46H,8,10-12,15-16,19-27H2,1-7H3;1-2H2;1H3/b14-9-,34-33-;;. The van der Waals surface area contributed by atoms with E-state index in [2.05, 4.69) is 115 Å². The predicted octanol–water partition coefficient (Wildman–Crippen LogP) is 16.6. The topological polar surface area (TPSA) is 12.0 Å². The van der Waals surface area contributed by atoms with Crippen LogP contribution >= 0.6 is 23.2 Å². The van der Waals surface area contributed by atoms with Gasteiger partial charge in [0.1, 0.15) is 0 Å². The summed E-state index contributed by atoms with van der Waals surface area (Å²) in [5, 5.41) is 5.81. The molecule has 54 heavy (non-hydrogen) atoms. The van der Waals surface area contributed by atoms with Crippen LogP contribution in [0.25, 0.3) is 0 Å². The molecule has 2 aliphatic rings. The van der Waals surface area contributed by atoms with E-state index in [4.69, 9.17) is 23.2 Å². The van der Waals surface area contributed by atoms with Crippen LogP contribution in [0.1, 0.15) is 156 Å². The zero-order chi connectivity index (χ0) is 40.5. The van der Waals surface area contributed by atoms with E-state index in [-0.39, 0.29) is 17.9 Å². The summed E-state index contributed by atoms with van der Waals surface area (Å²) in [5.41, 5.74) is 11.5. The third-order valence-electron chi connectivity index (χ3n) is 11.8. The lowest BCUT2D eigenvalue weighted by Crippen LogP contribution is -2.48. The van der Waals surface area contributed by atoms with Crippen LogP contribution in [-0.4, -0.2) is 11.7 Å². The second-order valence-electron chi connectivity index (χ2n) is 16.2. The Balaban J connectivity index is 0.00000115. The van der Waals surface area contributed by atoms with Gasteiger partial charge >= 0.3 is 6.18 Å². The minimum absolute atomic E-state index is 0.125. The Morgan fingerprint density at radius 1 is 1.00 bits per heavy atom. The Kier molecular flexibility index (Phi) is 20.3. The van der Waals surface area contributed by atoms with Gasteiger partial charge in [0.05, 0.1) is 0 Å². The fourth-order valence-corrected chi connectivity index (χ4v) is 9.52. The molecular formula is C48H70Cl2F3N. The molecule has 0 bridgehead atoms. The highest BCUT2D eigenvalue weighted by molar-refractivity contribution is 6.31. The van der Waals surface area contributed by atoms with Gasteiger partial charge in [0.2, 0.25) is 0 Å². The van der Waals surface area contributed by atoms with Gasteiger partial charge in [-0.2, -0.15) is 13.2 Å². The van der Waals surface area contributed by atoms with E-state index in [0.717, 1.165) is 28.6 Å².